The van der Waals surface area contributed by atoms with E-state index in [1.807, 2.05) is 6.92 Å². The van der Waals surface area contributed by atoms with Crippen molar-refractivity contribution in [3.8, 4) is 5.75 Å². The molecule has 0 unspecified atom stereocenters. The average Bonchev–Trinajstić information content (AvgIpc) is 2.76. The summed E-state index contributed by atoms with van der Waals surface area (Å²) in [5.74, 6) is -0.304. The summed E-state index contributed by atoms with van der Waals surface area (Å²) in [4.78, 5) is 17.0. The van der Waals surface area contributed by atoms with Crippen LogP contribution in [0.1, 0.15) is 31.4 Å². The quantitative estimate of drug-likeness (QED) is 0.514. The van der Waals surface area contributed by atoms with E-state index < -0.39 is 10.1 Å². The number of nitrogens with zero attached hydrogens (tertiary/aromatic N) is 2. The molecule has 0 radical (unpaired) electrons. The number of hydrogen-bond acceptors (Lipinski definition) is 5. The maximum absolute atomic E-state index is 13.2. The molecule has 1 aliphatic heterocycles. The van der Waals surface area contributed by atoms with Crippen molar-refractivity contribution in [3.63, 3.8) is 0 Å². The van der Waals surface area contributed by atoms with Gasteiger partial charge in [-0.25, -0.2) is 4.39 Å². The molecule has 2 aromatic carbocycles. The van der Waals surface area contributed by atoms with Crippen LogP contribution in [0.15, 0.2) is 42.5 Å². The first-order valence-corrected chi connectivity index (χ1v) is 13.1. The Morgan fingerprint density at radius 3 is 2.53 bits per heavy atom. The van der Waals surface area contributed by atoms with Gasteiger partial charge in [0.05, 0.1) is 5.75 Å². The summed E-state index contributed by atoms with van der Waals surface area (Å²) in [6.45, 7) is 5.82. The number of piperazine rings is 1. The normalized spacial score (nSPS) is 19.3. The molecule has 7 nitrogen and oxygen atoms in total. The molecule has 0 aromatic heterocycles. The monoisotopic (exact) mass is 512 g/mol. The Labute approximate surface area is 205 Å². The van der Waals surface area contributed by atoms with Crippen LogP contribution in [0.2, 0.25) is 5.02 Å². The van der Waals surface area contributed by atoms with E-state index in [1.54, 1.807) is 35.2 Å². The van der Waals surface area contributed by atoms with E-state index in [0.29, 0.717) is 42.4 Å². The van der Waals surface area contributed by atoms with Crippen LogP contribution in [-0.2, 0) is 27.9 Å². The number of ether oxygens (including phenoxy) is 1. The summed E-state index contributed by atoms with van der Waals surface area (Å²) >= 11 is 6.06. The zero-order valence-electron chi connectivity index (χ0n) is 19.3. The van der Waals surface area contributed by atoms with Gasteiger partial charge in [-0.05, 0) is 68.1 Å². The van der Waals surface area contributed by atoms with Gasteiger partial charge >= 0.3 is 0 Å². The summed E-state index contributed by atoms with van der Waals surface area (Å²) in [5, 5.41) is 0.472. The third-order valence-corrected chi connectivity index (χ3v) is 7.00. The summed E-state index contributed by atoms with van der Waals surface area (Å²) in [6.07, 6.45) is 0.535. The third-order valence-electron chi connectivity index (χ3n) is 5.96. The van der Waals surface area contributed by atoms with Gasteiger partial charge in [-0.3, -0.25) is 14.2 Å². The molecule has 1 aliphatic rings. The molecule has 1 fully saturated rings. The fraction of sp³-hybridized carbons (Fsp3) is 0.458. The molecule has 0 saturated carbocycles. The minimum Gasteiger partial charge on any atom is -0.483 e. The molecule has 0 aliphatic carbocycles. The molecule has 186 valence electrons. The van der Waals surface area contributed by atoms with E-state index in [1.165, 1.54) is 12.1 Å². The molecular formula is C24H30ClFN2O5S. The molecule has 1 saturated heterocycles. The molecule has 1 amide bonds. The molecule has 1 heterocycles. The summed E-state index contributed by atoms with van der Waals surface area (Å²) in [5.41, 5.74) is 1.70. The predicted octanol–water partition coefficient (Wildman–Crippen LogP) is 3.80. The maximum Gasteiger partial charge on any atom is 0.264 e. The lowest BCUT2D eigenvalue weighted by Gasteiger charge is -2.44. The van der Waals surface area contributed by atoms with Crippen LogP contribution in [0, 0.1) is 5.82 Å². The first-order chi connectivity index (χ1) is 16.0. The van der Waals surface area contributed by atoms with Crippen molar-refractivity contribution in [1.29, 1.82) is 0 Å². The van der Waals surface area contributed by atoms with Gasteiger partial charge in [-0.1, -0.05) is 23.7 Å². The van der Waals surface area contributed by atoms with Crippen LogP contribution >= 0.6 is 11.6 Å². The lowest BCUT2D eigenvalue weighted by molar-refractivity contribution is -0.139. The Morgan fingerprint density at radius 2 is 1.85 bits per heavy atom. The Kier molecular flexibility index (Phi) is 8.92. The van der Waals surface area contributed by atoms with Crippen LogP contribution < -0.4 is 4.74 Å². The van der Waals surface area contributed by atoms with E-state index >= 15 is 0 Å². The Morgan fingerprint density at radius 1 is 1.15 bits per heavy atom. The molecule has 3 rings (SSSR count). The standard InChI is InChI=1S/C24H30ClFN2O5S/c1-17-14-28(18(2)13-27(17)15-19-5-8-22(26)9-6-19)24(29)16-33-23-10-7-21(25)12-20(23)4-3-11-34(30,31)32/h5-10,12,17-18H,3-4,11,13-16H2,1-2H3,(H,30,31,32)/t17-,18+/m0/s1. The molecule has 2 atom stereocenters. The molecule has 2 aromatic rings. The van der Waals surface area contributed by atoms with E-state index in [-0.39, 0.29) is 42.6 Å². The summed E-state index contributed by atoms with van der Waals surface area (Å²) in [7, 11) is -4.05. The number of carbonyl (C=O) groups excluding carboxylic acids is 1. The molecule has 10 heteroatoms. The molecule has 0 bridgehead atoms. The summed E-state index contributed by atoms with van der Waals surface area (Å²) in [6, 6.07) is 11.5. The highest BCUT2D eigenvalue weighted by Gasteiger charge is 2.32. The number of benzene rings is 2. The SMILES string of the molecule is C[C@@H]1CN(Cc2ccc(F)cc2)[C@@H](C)CN1C(=O)COc1ccc(Cl)cc1CCCS(=O)(=O)O. The van der Waals surface area contributed by atoms with Gasteiger partial charge in [0, 0.05) is 36.7 Å². The second-order valence-electron chi connectivity index (χ2n) is 8.73. The van der Waals surface area contributed by atoms with Gasteiger partial charge in [-0.15, -0.1) is 0 Å². The highest BCUT2D eigenvalue weighted by molar-refractivity contribution is 7.85. The highest BCUT2D eigenvalue weighted by Crippen LogP contribution is 2.25. The van der Waals surface area contributed by atoms with E-state index in [9.17, 15) is 17.6 Å². The second-order valence-corrected chi connectivity index (χ2v) is 10.7. The fourth-order valence-electron chi connectivity index (χ4n) is 4.14. The second kappa shape index (κ2) is 11.5. The number of halogens is 2. The zero-order valence-corrected chi connectivity index (χ0v) is 20.9. The van der Waals surface area contributed by atoms with Gasteiger partial charge in [0.15, 0.2) is 6.61 Å². The van der Waals surface area contributed by atoms with E-state index in [0.717, 1.165) is 5.56 Å². The van der Waals surface area contributed by atoms with Crippen LogP contribution in [0.4, 0.5) is 4.39 Å². The van der Waals surface area contributed by atoms with Crippen molar-refractivity contribution in [2.24, 2.45) is 0 Å². The van der Waals surface area contributed by atoms with Crippen molar-refractivity contribution < 1.29 is 26.9 Å². The Bertz CT molecular complexity index is 1100. The van der Waals surface area contributed by atoms with Crippen LogP contribution in [-0.4, -0.2) is 66.2 Å². The summed E-state index contributed by atoms with van der Waals surface area (Å²) < 4.78 is 49.9. The molecule has 34 heavy (non-hydrogen) atoms. The lowest BCUT2D eigenvalue weighted by atomic mass is 10.1. The van der Waals surface area contributed by atoms with Crippen molar-refractivity contribution in [2.75, 3.05) is 25.4 Å². The molecular weight excluding hydrogens is 483 g/mol. The fourth-order valence-corrected chi connectivity index (χ4v) is 4.85. The van der Waals surface area contributed by atoms with Crippen molar-refractivity contribution >= 4 is 27.6 Å². The van der Waals surface area contributed by atoms with Crippen LogP contribution in [0.25, 0.3) is 0 Å². The third kappa shape index (κ3) is 7.66. The minimum absolute atomic E-state index is 0.0211. The van der Waals surface area contributed by atoms with Crippen molar-refractivity contribution in [3.05, 3.63) is 64.4 Å². The number of hydrogen-bond donors (Lipinski definition) is 1. The van der Waals surface area contributed by atoms with Crippen LogP contribution in [0.5, 0.6) is 5.75 Å². The van der Waals surface area contributed by atoms with Gasteiger partial charge < -0.3 is 9.64 Å². The molecule has 1 N–H and O–H groups in total. The number of rotatable bonds is 9. The van der Waals surface area contributed by atoms with Gasteiger partial charge in [0.25, 0.3) is 16.0 Å². The Balaban J connectivity index is 1.57. The van der Waals surface area contributed by atoms with Crippen LogP contribution in [0.3, 0.4) is 0 Å². The zero-order chi connectivity index (χ0) is 24.9. The number of amides is 1. The number of carbonyl (C=O) groups is 1. The Hall–Kier alpha value is -2.20. The molecule has 0 spiro atoms. The van der Waals surface area contributed by atoms with Gasteiger partial charge in [0.1, 0.15) is 11.6 Å². The van der Waals surface area contributed by atoms with E-state index in [2.05, 4.69) is 11.8 Å². The van der Waals surface area contributed by atoms with Gasteiger partial charge in [0.2, 0.25) is 0 Å². The first-order valence-electron chi connectivity index (χ1n) is 11.2. The van der Waals surface area contributed by atoms with E-state index in [4.69, 9.17) is 20.9 Å². The van der Waals surface area contributed by atoms with Crippen molar-refractivity contribution in [1.82, 2.24) is 9.80 Å². The smallest absolute Gasteiger partial charge is 0.264 e. The largest absolute Gasteiger partial charge is 0.483 e. The maximum atomic E-state index is 13.2. The van der Waals surface area contributed by atoms with Crippen molar-refractivity contribution in [2.45, 2.75) is 45.3 Å². The number of aryl methyl sites for hydroxylation is 1. The average molecular weight is 513 g/mol. The predicted molar refractivity (Wildman–Crippen MR) is 129 cm³/mol. The lowest BCUT2D eigenvalue weighted by Crippen LogP contribution is -2.58. The highest BCUT2D eigenvalue weighted by atomic mass is 35.5. The first kappa shape index (κ1) is 26.4. The minimum atomic E-state index is -4.05. The van der Waals surface area contributed by atoms with Gasteiger partial charge in [-0.2, -0.15) is 8.42 Å². The topological polar surface area (TPSA) is 87.2 Å².